The number of aryl methyl sites for hydroxylation is 1. The van der Waals surface area contributed by atoms with Crippen LogP contribution in [0.1, 0.15) is 73.0 Å². The van der Waals surface area contributed by atoms with Gasteiger partial charge in [0, 0.05) is 29.1 Å². The molecule has 1 atom stereocenters. The van der Waals surface area contributed by atoms with Crippen LogP contribution in [0.5, 0.6) is 0 Å². The van der Waals surface area contributed by atoms with Crippen LogP contribution in [0, 0.1) is 0 Å². The minimum absolute atomic E-state index is 0.142. The summed E-state index contributed by atoms with van der Waals surface area (Å²) >= 11 is 0. The largest absolute Gasteiger partial charge is 0.353 e. The lowest BCUT2D eigenvalue weighted by atomic mass is 9.98. The second kappa shape index (κ2) is 7.16. The van der Waals surface area contributed by atoms with Gasteiger partial charge in [-0.15, -0.1) is 4.36 Å². The fourth-order valence-electron chi connectivity index (χ4n) is 4.02. The van der Waals surface area contributed by atoms with Crippen LogP contribution in [0.25, 0.3) is 0 Å². The number of nitrogens with zero attached hydrogens (tertiary/aromatic N) is 4. The molecule has 3 aliphatic rings. The lowest BCUT2D eigenvalue weighted by molar-refractivity contribution is 0.0554. The van der Waals surface area contributed by atoms with E-state index in [-0.39, 0.29) is 5.03 Å². The summed E-state index contributed by atoms with van der Waals surface area (Å²) in [6.07, 6.45) is 8.19. The molecule has 2 aromatic heterocycles. The first-order valence-electron chi connectivity index (χ1n) is 9.90. The Kier molecular flexibility index (Phi) is 4.60. The molecular formula is C19H21F2N5O2S. The number of urea groups is 1. The number of aromatic nitrogens is 3. The third-order valence-electron chi connectivity index (χ3n) is 5.64. The van der Waals surface area contributed by atoms with Gasteiger partial charge in [0.2, 0.25) is 0 Å². The topological polar surface area (TPSA) is 89.2 Å². The van der Waals surface area contributed by atoms with E-state index in [1.165, 1.54) is 6.07 Å². The summed E-state index contributed by atoms with van der Waals surface area (Å²) in [5.41, 5.74) is 5.16. The number of amides is 2. The molecule has 0 saturated heterocycles. The third kappa shape index (κ3) is 3.65. The molecule has 2 heterocycles. The number of carbonyl (C=O) groups is 1. The monoisotopic (exact) mass is 421 g/mol. The average molecular weight is 421 g/mol. The van der Waals surface area contributed by atoms with E-state index in [1.54, 1.807) is 0 Å². The van der Waals surface area contributed by atoms with Gasteiger partial charge in [-0.3, -0.25) is 4.98 Å². The lowest BCUT2D eigenvalue weighted by Crippen LogP contribution is -2.14. The molecule has 0 spiro atoms. The molecule has 154 valence electrons. The molecule has 5 rings (SSSR count). The molecule has 1 unspecified atom stereocenters. The summed E-state index contributed by atoms with van der Waals surface area (Å²) in [6, 6.07) is 0.453. The summed E-state index contributed by atoms with van der Waals surface area (Å²) in [4.78, 5) is 17.5. The highest BCUT2D eigenvalue weighted by atomic mass is 32.2. The minimum atomic E-state index is -2.83. The summed E-state index contributed by atoms with van der Waals surface area (Å²) in [7, 11) is -2.56. The third-order valence-corrected chi connectivity index (χ3v) is 6.64. The van der Waals surface area contributed by atoms with E-state index in [0.29, 0.717) is 16.5 Å². The number of fused-ring (bicyclic) bond motifs is 1. The van der Waals surface area contributed by atoms with E-state index in [2.05, 4.69) is 14.8 Å². The predicted molar refractivity (Wildman–Crippen MR) is 103 cm³/mol. The van der Waals surface area contributed by atoms with Crippen LogP contribution in [0.2, 0.25) is 0 Å². The number of halogens is 2. The van der Waals surface area contributed by atoms with E-state index in [4.69, 9.17) is 4.98 Å². The number of nitrogens with one attached hydrogen (secondary N) is 1. The Balaban J connectivity index is 1.46. The maximum absolute atomic E-state index is 12.6. The molecule has 0 bridgehead atoms. The minimum Gasteiger partial charge on any atom is -0.305 e. The van der Waals surface area contributed by atoms with Crippen molar-refractivity contribution in [3.05, 3.63) is 34.8 Å². The maximum atomic E-state index is 12.6. The first-order chi connectivity index (χ1) is 14.0. The zero-order chi connectivity index (χ0) is 20.1. The van der Waals surface area contributed by atoms with Crippen molar-refractivity contribution in [1.29, 1.82) is 0 Å². The Bertz CT molecular complexity index is 1070. The van der Waals surface area contributed by atoms with Crippen molar-refractivity contribution in [1.82, 2.24) is 14.8 Å². The molecule has 7 nitrogen and oxygen atoms in total. The Morgan fingerprint density at radius 1 is 1.24 bits per heavy atom. The van der Waals surface area contributed by atoms with Gasteiger partial charge in [0.1, 0.15) is 0 Å². The smallest absolute Gasteiger partial charge is 0.305 e. The van der Waals surface area contributed by atoms with Crippen LogP contribution in [-0.4, -0.2) is 25.0 Å². The van der Waals surface area contributed by atoms with Crippen LogP contribution in [-0.2, 0) is 23.4 Å². The predicted octanol–water partition coefficient (Wildman–Crippen LogP) is 4.17. The van der Waals surface area contributed by atoms with Crippen molar-refractivity contribution in [3.63, 3.8) is 0 Å². The van der Waals surface area contributed by atoms with Crippen molar-refractivity contribution >= 4 is 22.3 Å². The number of hydrogen-bond acceptors (Lipinski definition) is 4. The SMILES string of the molecule is O=C(N=[SH](=O)c1ccn(C(F)F)n1)Nc1c2c(nc(C3CC3)c1C1CC1)CCC2. The van der Waals surface area contributed by atoms with Crippen LogP contribution in [0.3, 0.4) is 0 Å². The zero-order valence-corrected chi connectivity index (χ0v) is 16.5. The Morgan fingerprint density at radius 2 is 2.00 bits per heavy atom. The van der Waals surface area contributed by atoms with Gasteiger partial charge in [0.25, 0.3) is 0 Å². The number of rotatable bonds is 5. The molecule has 10 heteroatoms. The normalized spacial score (nSPS) is 19.6. The molecule has 0 aliphatic heterocycles. The highest BCUT2D eigenvalue weighted by Crippen LogP contribution is 2.52. The van der Waals surface area contributed by atoms with E-state index < -0.39 is 23.2 Å². The molecule has 2 aromatic rings. The molecule has 29 heavy (non-hydrogen) atoms. The van der Waals surface area contributed by atoms with E-state index in [0.717, 1.165) is 79.3 Å². The maximum Gasteiger partial charge on any atom is 0.353 e. The molecule has 2 saturated carbocycles. The second-order valence-corrected chi connectivity index (χ2v) is 9.05. The fourth-order valence-corrected chi connectivity index (χ4v) is 4.71. The van der Waals surface area contributed by atoms with E-state index in [1.807, 2.05) is 0 Å². The quantitative estimate of drug-likeness (QED) is 0.709. The van der Waals surface area contributed by atoms with Crippen LogP contribution in [0.15, 0.2) is 21.7 Å². The highest BCUT2D eigenvalue weighted by Gasteiger charge is 2.38. The Labute approximate surface area is 168 Å². The molecule has 2 fully saturated rings. The molecule has 1 N–H and O–H groups in total. The van der Waals surface area contributed by atoms with Crippen LogP contribution in [0.4, 0.5) is 19.3 Å². The first-order valence-corrected chi connectivity index (χ1v) is 11.1. The van der Waals surface area contributed by atoms with Crippen LogP contribution >= 0.6 is 0 Å². The number of anilines is 1. The van der Waals surface area contributed by atoms with Gasteiger partial charge in [-0.1, -0.05) is 0 Å². The van der Waals surface area contributed by atoms with Crippen molar-refractivity contribution in [2.45, 2.75) is 68.4 Å². The standard InChI is InChI=1S/C19H21F2N5O2S/c20-18(21)26-9-8-14(24-26)29(28)25-19(27)23-17-12-2-1-3-13(12)22-16(11-6-7-11)15(17)10-4-5-10/h8-11,18,29H,1-7H2,(H,22,23,27). The number of pyridine rings is 1. The number of hydrogen-bond donors (Lipinski definition) is 2. The van der Waals surface area contributed by atoms with Gasteiger partial charge in [-0.25, -0.2) is 13.7 Å². The van der Waals surface area contributed by atoms with Gasteiger partial charge in [-0.2, -0.15) is 13.9 Å². The molecular weight excluding hydrogens is 400 g/mol. The van der Waals surface area contributed by atoms with Crippen LogP contribution < -0.4 is 5.32 Å². The molecule has 0 aromatic carbocycles. The summed E-state index contributed by atoms with van der Waals surface area (Å²) in [5.74, 6) is 0.883. The first kappa shape index (κ1) is 18.7. The van der Waals surface area contributed by atoms with E-state index >= 15 is 0 Å². The van der Waals surface area contributed by atoms with Crippen molar-refractivity contribution < 1.29 is 17.8 Å². The number of alkyl halides is 2. The van der Waals surface area contributed by atoms with Crippen molar-refractivity contribution in [2.75, 3.05) is 5.32 Å². The summed E-state index contributed by atoms with van der Waals surface area (Å²) < 4.78 is 41.7. The van der Waals surface area contributed by atoms with E-state index in [9.17, 15) is 17.8 Å². The second-order valence-electron chi connectivity index (χ2n) is 7.85. The molecule has 3 aliphatic carbocycles. The Hall–Kier alpha value is -2.36. The molecule has 0 radical (unpaired) electrons. The van der Waals surface area contributed by atoms with Gasteiger partial charge in [0.05, 0.1) is 16.3 Å². The Morgan fingerprint density at radius 3 is 2.66 bits per heavy atom. The van der Waals surface area contributed by atoms with Crippen molar-refractivity contribution in [2.24, 2.45) is 4.36 Å². The van der Waals surface area contributed by atoms with Gasteiger partial charge in [0.15, 0.2) is 5.03 Å². The zero-order valence-electron chi connectivity index (χ0n) is 15.6. The number of thiol groups is 1. The van der Waals surface area contributed by atoms with Crippen molar-refractivity contribution in [3.8, 4) is 0 Å². The van der Waals surface area contributed by atoms with Gasteiger partial charge < -0.3 is 5.32 Å². The lowest BCUT2D eigenvalue weighted by Gasteiger charge is -2.18. The fraction of sp³-hybridized carbons (Fsp3) is 0.526. The summed E-state index contributed by atoms with van der Waals surface area (Å²) in [5, 5.41) is 6.26. The highest BCUT2D eigenvalue weighted by molar-refractivity contribution is 7.75. The average Bonchev–Trinajstić information content (AvgIpc) is 3.60. The van der Waals surface area contributed by atoms with Gasteiger partial charge >= 0.3 is 12.6 Å². The molecule has 2 amide bonds. The number of carbonyl (C=O) groups excluding carboxylic acids is 1. The van der Waals surface area contributed by atoms with Gasteiger partial charge in [-0.05, 0) is 62.5 Å². The summed E-state index contributed by atoms with van der Waals surface area (Å²) in [6.45, 7) is -2.83.